The second kappa shape index (κ2) is 9.72. The molecule has 140 valence electrons. The summed E-state index contributed by atoms with van der Waals surface area (Å²) >= 11 is 3.71. The zero-order valence-electron chi connectivity index (χ0n) is 16.4. The largest absolute Gasteiger partial charge is 0.477 e. The molecule has 0 spiro atoms. The van der Waals surface area contributed by atoms with Crippen LogP contribution in [0.25, 0.3) is 0 Å². The van der Waals surface area contributed by atoms with Gasteiger partial charge in [-0.15, -0.1) is 0 Å². The molecule has 0 aromatic rings. The van der Waals surface area contributed by atoms with E-state index in [9.17, 15) is 0 Å². The van der Waals surface area contributed by atoms with E-state index in [1.165, 1.54) is 11.1 Å². The monoisotopic (exact) mass is 408 g/mol. The van der Waals surface area contributed by atoms with Gasteiger partial charge in [0.25, 0.3) is 0 Å². The number of halogens is 1. The molecular formula is C21H33BrN2O. The molecule has 0 aromatic heterocycles. The summed E-state index contributed by atoms with van der Waals surface area (Å²) in [5.74, 6) is 2.45. The summed E-state index contributed by atoms with van der Waals surface area (Å²) in [5, 5.41) is 0. The molecule has 0 fully saturated rings. The number of rotatable bonds is 7. The fraction of sp³-hybridized carbons (Fsp3) is 0.667. The molecule has 0 bridgehead atoms. The van der Waals surface area contributed by atoms with E-state index in [0.717, 1.165) is 49.5 Å². The summed E-state index contributed by atoms with van der Waals surface area (Å²) in [6, 6.07) is 0. The number of aliphatic imine (C=N–C) groups is 1. The molecule has 0 amide bonds. The van der Waals surface area contributed by atoms with Crippen LogP contribution in [0.4, 0.5) is 0 Å². The lowest BCUT2D eigenvalue weighted by Gasteiger charge is -2.26. The van der Waals surface area contributed by atoms with Crippen molar-refractivity contribution < 1.29 is 4.74 Å². The SMILES string of the molecule is CCN(C)CC(C)C(C)C1=C(C)CN=C(OCC2CC=CC2)C(Br)=C1. The summed E-state index contributed by atoms with van der Waals surface area (Å²) in [6.07, 6.45) is 8.97. The van der Waals surface area contributed by atoms with Crippen molar-refractivity contribution in [2.24, 2.45) is 22.7 Å². The maximum Gasteiger partial charge on any atom is 0.223 e. The van der Waals surface area contributed by atoms with Gasteiger partial charge < -0.3 is 9.64 Å². The quantitative estimate of drug-likeness (QED) is 0.540. The lowest BCUT2D eigenvalue weighted by Crippen LogP contribution is -2.28. The Morgan fingerprint density at radius 3 is 2.64 bits per heavy atom. The van der Waals surface area contributed by atoms with Crippen molar-refractivity contribution in [3.63, 3.8) is 0 Å². The predicted octanol–water partition coefficient (Wildman–Crippen LogP) is 5.20. The van der Waals surface area contributed by atoms with Gasteiger partial charge in [-0.05, 0) is 84.3 Å². The van der Waals surface area contributed by atoms with Gasteiger partial charge in [-0.1, -0.05) is 32.9 Å². The van der Waals surface area contributed by atoms with E-state index in [1.54, 1.807) is 0 Å². The average Bonchev–Trinajstić information content (AvgIpc) is 3.07. The summed E-state index contributed by atoms with van der Waals surface area (Å²) in [7, 11) is 2.19. The molecule has 0 saturated carbocycles. The van der Waals surface area contributed by atoms with E-state index in [2.05, 4.69) is 73.8 Å². The first-order chi connectivity index (χ1) is 11.9. The Balaban J connectivity index is 2.02. The normalized spacial score (nSPS) is 21.2. The topological polar surface area (TPSA) is 24.8 Å². The second-order valence-corrected chi connectivity index (χ2v) is 8.44. The molecule has 25 heavy (non-hydrogen) atoms. The van der Waals surface area contributed by atoms with Gasteiger partial charge in [0.1, 0.15) is 0 Å². The molecule has 1 heterocycles. The van der Waals surface area contributed by atoms with E-state index in [1.807, 2.05) is 0 Å². The van der Waals surface area contributed by atoms with Gasteiger partial charge >= 0.3 is 0 Å². The maximum absolute atomic E-state index is 6.04. The van der Waals surface area contributed by atoms with E-state index >= 15 is 0 Å². The van der Waals surface area contributed by atoms with Crippen LogP contribution in [0, 0.1) is 17.8 Å². The van der Waals surface area contributed by atoms with Crippen LogP contribution < -0.4 is 0 Å². The molecule has 1 aliphatic carbocycles. The van der Waals surface area contributed by atoms with Crippen molar-refractivity contribution >= 4 is 21.8 Å². The highest BCUT2D eigenvalue weighted by atomic mass is 79.9. The molecule has 2 atom stereocenters. The lowest BCUT2D eigenvalue weighted by atomic mass is 9.85. The van der Waals surface area contributed by atoms with E-state index in [-0.39, 0.29) is 0 Å². The number of hydrogen-bond acceptors (Lipinski definition) is 3. The highest BCUT2D eigenvalue weighted by Gasteiger charge is 2.22. The van der Waals surface area contributed by atoms with Crippen LogP contribution in [0.15, 0.2) is 38.8 Å². The van der Waals surface area contributed by atoms with Crippen molar-refractivity contribution in [1.82, 2.24) is 4.90 Å². The number of hydrogen-bond donors (Lipinski definition) is 0. The summed E-state index contributed by atoms with van der Waals surface area (Å²) < 4.78 is 7.02. The second-order valence-electron chi connectivity index (χ2n) is 7.59. The molecule has 2 rings (SSSR count). The van der Waals surface area contributed by atoms with Crippen molar-refractivity contribution in [3.05, 3.63) is 33.9 Å². The molecular weight excluding hydrogens is 376 g/mol. The predicted molar refractivity (Wildman–Crippen MR) is 111 cm³/mol. The van der Waals surface area contributed by atoms with Gasteiger partial charge in [-0.25, -0.2) is 4.99 Å². The number of nitrogens with zero attached hydrogens (tertiary/aromatic N) is 2. The molecule has 0 aromatic carbocycles. The van der Waals surface area contributed by atoms with Crippen LogP contribution in [-0.4, -0.2) is 44.1 Å². The fourth-order valence-corrected chi connectivity index (χ4v) is 3.89. The molecule has 0 saturated heterocycles. The third-order valence-electron chi connectivity index (χ3n) is 5.48. The van der Waals surface area contributed by atoms with E-state index < -0.39 is 0 Å². The Labute approximate surface area is 162 Å². The molecule has 1 aliphatic heterocycles. The van der Waals surface area contributed by atoms with Crippen LogP contribution in [0.1, 0.15) is 40.5 Å². The van der Waals surface area contributed by atoms with E-state index in [0.29, 0.717) is 17.8 Å². The molecule has 2 unspecified atom stereocenters. The molecule has 4 heteroatoms. The first-order valence-electron chi connectivity index (χ1n) is 9.50. The van der Waals surface area contributed by atoms with Crippen molar-refractivity contribution in [2.45, 2.75) is 40.5 Å². The van der Waals surface area contributed by atoms with Gasteiger partial charge in [0.2, 0.25) is 5.90 Å². The Morgan fingerprint density at radius 1 is 1.32 bits per heavy atom. The Bertz CT molecular complexity index is 568. The first-order valence-corrected chi connectivity index (χ1v) is 10.3. The van der Waals surface area contributed by atoms with Crippen LogP contribution in [0.3, 0.4) is 0 Å². The smallest absolute Gasteiger partial charge is 0.223 e. The molecule has 2 aliphatic rings. The maximum atomic E-state index is 6.04. The Kier molecular flexibility index (Phi) is 7.95. The summed E-state index contributed by atoms with van der Waals surface area (Å²) in [5.41, 5.74) is 2.74. The number of allylic oxidation sites excluding steroid dienone is 4. The molecule has 3 nitrogen and oxygen atoms in total. The Morgan fingerprint density at radius 2 is 2.00 bits per heavy atom. The minimum atomic E-state index is 0.495. The number of ether oxygens (including phenoxy) is 1. The standard InChI is InChI=1S/C21H33BrN2O/c1-6-24(5)13-16(3)17(4)19-11-20(22)21(23-12-15(19)2)25-14-18-9-7-8-10-18/h7-8,11,16-18H,6,9-10,12-14H2,1-5H3. The zero-order valence-corrected chi connectivity index (χ0v) is 18.0. The Hall–Kier alpha value is -0.870. The fourth-order valence-electron chi connectivity index (χ4n) is 3.41. The van der Waals surface area contributed by atoms with Gasteiger partial charge in [0.15, 0.2) is 0 Å². The first kappa shape index (κ1) is 20.4. The zero-order chi connectivity index (χ0) is 18.4. The van der Waals surface area contributed by atoms with Crippen molar-refractivity contribution in [3.8, 4) is 0 Å². The summed E-state index contributed by atoms with van der Waals surface area (Å²) in [6.45, 7) is 12.8. The minimum Gasteiger partial charge on any atom is -0.477 e. The third kappa shape index (κ3) is 5.82. The van der Waals surface area contributed by atoms with Crippen molar-refractivity contribution in [1.29, 1.82) is 0 Å². The molecule has 0 radical (unpaired) electrons. The third-order valence-corrected chi connectivity index (χ3v) is 6.05. The van der Waals surface area contributed by atoms with Crippen molar-refractivity contribution in [2.75, 3.05) is 33.3 Å². The van der Waals surface area contributed by atoms with Crippen LogP contribution in [0.5, 0.6) is 0 Å². The highest BCUT2D eigenvalue weighted by Crippen LogP contribution is 2.30. The average molecular weight is 409 g/mol. The summed E-state index contributed by atoms with van der Waals surface area (Å²) in [4.78, 5) is 7.09. The van der Waals surface area contributed by atoms with Gasteiger partial charge in [-0.3, -0.25) is 0 Å². The van der Waals surface area contributed by atoms with E-state index in [4.69, 9.17) is 9.73 Å². The van der Waals surface area contributed by atoms with Crippen LogP contribution >= 0.6 is 15.9 Å². The highest BCUT2D eigenvalue weighted by molar-refractivity contribution is 9.12. The van der Waals surface area contributed by atoms with Crippen LogP contribution in [-0.2, 0) is 4.74 Å². The van der Waals surface area contributed by atoms with Gasteiger partial charge in [-0.2, -0.15) is 0 Å². The van der Waals surface area contributed by atoms with Gasteiger partial charge in [0, 0.05) is 6.54 Å². The van der Waals surface area contributed by atoms with Gasteiger partial charge in [0.05, 0.1) is 17.6 Å². The van der Waals surface area contributed by atoms with Crippen LogP contribution in [0.2, 0.25) is 0 Å². The lowest BCUT2D eigenvalue weighted by molar-refractivity contribution is 0.245. The molecule has 0 N–H and O–H groups in total. The minimum absolute atomic E-state index is 0.495.